The van der Waals surface area contributed by atoms with Crippen molar-refractivity contribution >= 4 is 5.91 Å². The fourth-order valence-electron chi connectivity index (χ4n) is 4.02. The fraction of sp³-hybridized carbons (Fsp3) is 0.933. The van der Waals surface area contributed by atoms with Gasteiger partial charge in [-0.05, 0) is 24.2 Å². The second-order valence-electron chi connectivity index (χ2n) is 6.52. The normalized spacial score (nSPS) is 32.8. The Morgan fingerprint density at radius 1 is 1.06 bits per heavy atom. The maximum absolute atomic E-state index is 12.2. The molecule has 1 saturated carbocycles. The third-order valence-electron chi connectivity index (χ3n) is 5.23. The van der Waals surface area contributed by atoms with Gasteiger partial charge in [-0.3, -0.25) is 4.79 Å². The molecule has 0 aromatic carbocycles. The van der Waals surface area contributed by atoms with Gasteiger partial charge in [-0.25, -0.2) is 0 Å². The van der Waals surface area contributed by atoms with Gasteiger partial charge in [-0.2, -0.15) is 0 Å². The van der Waals surface area contributed by atoms with Gasteiger partial charge in [0.05, 0.1) is 0 Å². The first kappa shape index (κ1) is 12.5. The number of carbonyl (C=O) groups is 1. The van der Waals surface area contributed by atoms with E-state index in [0.29, 0.717) is 5.91 Å². The Balaban J connectivity index is 1.41. The Kier molecular flexibility index (Phi) is 3.88. The van der Waals surface area contributed by atoms with E-state index in [2.05, 4.69) is 10.2 Å². The number of nitrogens with one attached hydrogen (secondary N) is 1. The number of likely N-dealkylation sites (tertiary alicyclic amines) is 1. The highest BCUT2D eigenvalue weighted by atomic mass is 16.2. The second-order valence-corrected chi connectivity index (χ2v) is 6.52. The van der Waals surface area contributed by atoms with E-state index in [1.165, 1.54) is 32.1 Å². The van der Waals surface area contributed by atoms with Gasteiger partial charge in [-0.15, -0.1) is 0 Å². The minimum absolute atomic E-state index is 0.426. The number of amides is 1. The highest BCUT2D eigenvalue weighted by Gasteiger charge is 2.37. The summed E-state index contributed by atoms with van der Waals surface area (Å²) in [7, 11) is 0. The molecule has 3 fully saturated rings. The highest BCUT2D eigenvalue weighted by molar-refractivity contribution is 5.76. The van der Waals surface area contributed by atoms with E-state index < -0.39 is 0 Å². The molecule has 2 aliphatic heterocycles. The summed E-state index contributed by atoms with van der Waals surface area (Å²) in [5, 5.41) is 3.43. The van der Waals surface area contributed by atoms with E-state index in [1.807, 2.05) is 0 Å². The Hall–Kier alpha value is -0.570. The van der Waals surface area contributed by atoms with Gasteiger partial charge in [0, 0.05) is 32.6 Å². The zero-order valence-electron chi connectivity index (χ0n) is 11.4. The average molecular weight is 250 g/mol. The molecule has 3 rings (SSSR count). The summed E-state index contributed by atoms with van der Waals surface area (Å²) in [6, 6.07) is 0. The molecule has 1 amide bonds. The SMILES string of the molecule is O=C(CCC1CCCCC1)N1C[C@H]2CNC[C@H]2C1. The topological polar surface area (TPSA) is 32.3 Å². The van der Waals surface area contributed by atoms with Crippen LogP contribution in [0.2, 0.25) is 0 Å². The summed E-state index contributed by atoms with van der Waals surface area (Å²) in [5.74, 6) is 2.74. The summed E-state index contributed by atoms with van der Waals surface area (Å²) in [6.07, 6.45) is 8.86. The summed E-state index contributed by atoms with van der Waals surface area (Å²) < 4.78 is 0. The van der Waals surface area contributed by atoms with Crippen molar-refractivity contribution in [2.75, 3.05) is 26.2 Å². The lowest BCUT2D eigenvalue weighted by atomic mass is 9.86. The molecule has 0 unspecified atom stereocenters. The Morgan fingerprint density at radius 3 is 2.39 bits per heavy atom. The number of fused-ring (bicyclic) bond motifs is 1. The lowest BCUT2D eigenvalue weighted by Crippen LogP contribution is -2.32. The van der Waals surface area contributed by atoms with Crippen LogP contribution in [-0.4, -0.2) is 37.0 Å². The Labute approximate surface area is 110 Å². The molecule has 3 nitrogen and oxygen atoms in total. The predicted molar refractivity (Wildman–Crippen MR) is 72.2 cm³/mol. The minimum Gasteiger partial charge on any atom is -0.342 e. The minimum atomic E-state index is 0.426. The first-order valence-corrected chi connectivity index (χ1v) is 7.81. The van der Waals surface area contributed by atoms with Crippen molar-refractivity contribution in [2.24, 2.45) is 17.8 Å². The number of hydrogen-bond acceptors (Lipinski definition) is 2. The van der Waals surface area contributed by atoms with Crippen molar-refractivity contribution in [3.05, 3.63) is 0 Å². The zero-order valence-corrected chi connectivity index (χ0v) is 11.4. The van der Waals surface area contributed by atoms with Crippen LogP contribution in [0.1, 0.15) is 44.9 Å². The second kappa shape index (κ2) is 5.60. The monoisotopic (exact) mass is 250 g/mol. The molecule has 2 atom stereocenters. The van der Waals surface area contributed by atoms with Crippen LogP contribution in [0.15, 0.2) is 0 Å². The van der Waals surface area contributed by atoms with E-state index in [1.54, 1.807) is 0 Å². The molecule has 3 heteroatoms. The van der Waals surface area contributed by atoms with Crippen LogP contribution in [0.5, 0.6) is 0 Å². The van der Waals surface area contributed by atoms with Gasteiger partial charge in [0.25, 0.3) is 0 Å². The lowest BCUT2D eigenvalue weighted by Gasteiger charge is -2.23. The molecule has 0 radical (unpaired) electrons. The maximum Gasteiger partial charge on any atom is 0.222 e. The summed E-state index contributed by atoms with van der Waals surface area (Å²) in [5.41, 5.74) is 0. The van der Waals surface area contributed by atoms with E-state index in [0.717, 1.165) is 56.8 Å². The molecule has 0 bridgehead atoms. The van der Waals surface area contributed by atoms with Crippen LogP contribution in [0.4, 0.5) is 0 Å². The van der Waals surface area contributed by atoms with Crippen molar-refractivity contribution in [2.45, 2.75) is 44.9 Å². The van der Waals surface area contributed by atoms with Gasteiger partial charge in [-0.1, -0.05) is 32.1 Å². The van der Waals surface area contributed by atoms with Gasteiger partial charge in [0.15, 0.2) is 0 Å². The zero-order chi connectivity index (χ0) is 12.4. The van der Waals surface area contributed by atoms with Crippen LogP contribution in [0.3, 0.4) is 0 Å². The summed E-state index contributed by atoms with van der Waals surface area (Å²) >= 11 is 0. The van der Waals surface area contributed by atoms with E-state index >= 15 is 0 Å². The molecule has 2 heterocycles. The van der Waals surface area contributed by atoms with E-state index in [-0.39, 0.29) is 0 Å². The average Bonchev–Trinajstić information content (AvgIpc) is 2.98. The van der Waals surface area contributed by atoms with Gasteiger partial charge >= 0.3 is 0 Å². The maximum atomic E-state index is 12.2. The molecule has 18 heavy (non-hydrogen) atoms. The molecular formula is C15H26N2O. The van der Waals surface area contributed by atoms with Crippen LogP contribution in [-0.2, 0) is 4.79 Å². The van der Waals surface area contributed by atoms with Crippen LogP contribution < -0.4 is 5.32 Å². The lowest BCUT2D eigenvalue weighted by molar-refractivity contribution is -0.130. The predicted octanol–water partition coefficient (Wildman–Crippen LogP) is 2.02. The largest absolute Gasteiger partial charge is 0.342 e. The number of carbonyl (C=O) groups excluding carboxylic acids is 1. The van der Waals surface area contributed by atoms with Gasteiger partial charge < -0.3 is 10.2 Å². The van der Waals surface area contributed by atoms with Crippen LogP contribution >= 0.6 is 0 Å². The van der Waals surface area contributed by atoms with Crippen molar-refractivity contribution in [3.63, 3.8) is 0 Å². The Morgan fingerprint density at radius 2 is 1.72 bits per heavy atom. The molecule has 102 valence electrons. The quantitative estimate of drug-likeness (QED) is 0.831. The fourth-order valence-corrected chi connectivity index (χ4v) is 4.02. The number of nitrogens with zero attached hydrogens (tertiary/aromatic N) is 1. The highest BCUT2D eigenvalue weighted by Crippen LogP contribution is 2.29. The standard InChI is InChI=1S/C15H26N2O/c18-15(7-6-12-4-2-1-3-5-12)17-10-13-8-16-9-14(13)11-17/h12-14,16H,1-11H2/t13-,14+. The van der Waals surface area contributed by atoms with Gasteiger partial charge in [0.1, 0.15) is 0 Å². The van der Waals surface area contributed by atoms with Crippen molar-refractivity contribution in [1.29, 1.82) is 0 Å². The van der Waals surface area contributed by atoms with Crippen LogP contribution in [0.25, 0.3) is 0 Å². The molecule has 1 aliphatic carbocycles. The number of hydrogen-bond donors (Lipinski definition) is 1. The third kappa shape index (κ3) is 2.71. The summed E-state index contributed by atoms with van der Waals surface area (Å²) in [4.78, 5) is 14.4. The van der Waals surface area contributed by atoms with E-state index in [4.69, 9.17) is 0 Å². The molecular weight excluding hydrogens is 224 g/mol. The first-order valence-electron chi connectivity index (χ1n) is 7.81. The van der Waals surface area contributed by atoms with Gasteiger partial charge in [0.2, 0.25) is 5.91 Å². The first-order chi connectivity index (χ1) is 8.83. The smallest absolute Gasteiger partial charge is 0.222 e. The molecule has 1 N–H and O–H groups in total. The van der Waals surface area contributed by atoms with E-state index in [9.17, 15) is 4.79 Å². The van der Waals surface area contributed by atoms with Crippen molar-refractivity contribution in [3.8, 4) is 0 Å². The number of rotatable bonds is 3. The van der Waals surface area contributed by atoms with Crippen LogP contribution in [0, 0.1) is 17.8 Å². The molecule has 3 aliphatic rings. The Bertz CT molecular complexity index is 287. The molecule has 2 saturated heterocycles. The third-order valence-corrected chi connectivity index (χ3v) is 5.23. The summed E-state index contributed by atoms with van der Waals surface area (Å²) in [6.45, 7) is 4.27. The molecule has 0 aromatic heterocycles. The van der Waals surface area contributed by atoms with Crippen molar-refractivity contribution in [1.82, 2.24) is 10.2 Å². The molecule has 0 spiro atoms. The van der Waals surface area contributed by atoms with Crippen molar-refractivity contribution < 1.29 is 4.79 Å². The molecule has 0 aromatic rings.